The average Bonchev–Trinajstić information content (AvgIpc) is 2.05. The van der Waals surface area contributed by atoms with Crippen molar-refractivity contribution in [2.45, 2.75) is 6.42 Å². The van der Waals surface area contributed by atoms with Crippen molar-refractivity contribution in [1.29, 1.82) is 0 Å². The molecule has 0 unspecified atom stereocenters. The fourth-order valence-electron chi connectivity index (χ4n) is 1.07. The van der Waals surface area contributed by atoms with Crippen LogP contribution in [0.3, 0.4) is 0 Å². The van der Waals surface area contributed by atoms with Crippen LogP contribution in [0.1, 0.15) is 15.9 Å². The van der Waals surface area contributed by atoms with Gasteiger partial charge in [-0.1, -0.05) is 18.2 Å². The molecular formula is C9H10O3. The van der Waals surface area contributed by atoms with Gasteiger partial charge >= 0.3 is 5.97 Å². The summed E-state index contributed by atoms with van der Waals surface area (Å²) in [7, 11) is 0. The summed E-state index contributed by atoms with van der Waals surface area (Å²) in [6.45, 7) is -0.0235. The number of carboxylic acids is 1. The molecule has 0 heterocycles. The van der Waals surface area contributed by atoms with Crippen LogP contribution in [0.2, 0.25) is 0 Å². The molecule has 0 aromatic heterocycles. The first-order valence-electron chi connectivity index (χ1n) is 3.67. The zero-order valence-corrected chi connectivity index (χ0v) is 6.53. The van der Waals surface area contributed by atoms with Gasteiger partial charge in [-0.05, 0) is 18.1 Å². The van der Waals surface area contributed by atoms with Gasteiger partial charge in [0.2, 0.25) is 0 Å². The quantitative estimate of drug-likeness (QED) is 0.702. The summed E-state index contributed by atoms with van der Waals surface area (Å²) in [5.74, 6) is -0.945. The number of aromatic carboxylic acids is 1. The van der Waals surface area contributed by atoms with E-state index < -0.39 is 5.97 Å². The lowest BCUT2D eigenvalue weighted by atomic mass is 10.1. The van der Waals surface area contributed by atoms with E-state index in [2.05, 4.69) is 0 Å². The van der Waals surface area contributed by atoms with E-state index >= 15 is 0 Å². The van der Waals surface area contributed by atoms with Gasteiger partial charge in [-0.2, -0.15) is 0 Å². The number of hydrogen-bond acceptors (Lipinski definition) is 2. The molecule has 0 spiro atoms. The van der Waals surface area contributed by atoms with Crippen molar-refractivity contribution in [3.8, 4) is 0 Å². The summed E-state index contributed by atoms with van der Waals surface area (Å²) in [4.78, 5) is 10.6. The predicted octanol–water partition coefficient (Wildman–Crippen LogP) is 0.920. The standard InChI is InChI=1S/C9H10O3/c10-6-5-7-3-1-2-4-8(7)9(11)12/h1-4,10H,5-6H2,(H,11,12). The van der Waals surface area contributed by atoms with Crippen molar-refractivity contribution in [1.82, 2.24) is 0 Å². The van der Waals surface area contributed by atoms with E-state index in [1.54, 1.807) is 18.2 Å². The van der Waals surface area contributed by atoms with Crippen molar-refractivity contribution < 1.29 is 15.0 Å². The second-order valence-corrected chi connectivity index (χ2v) is 2.44. The smallest absolute Gasteiger partial charge is 0.335 e. The summed E-state index contributed by atoms with van der Waals surface area (Å²) in [5, 5.41) is 17.3. The molecule has 2 N–H and O–H groups in total. The first-order chi connectivity index (χ1) is 5.75. The monoisotopic (exact) mass is 166 g/mol. The molecule has 12 heavy (non-hydrogen) atoms. The van der Waals surface area contributed by atoms with Crippen LogP contribution in [0.25, 0.3) is 0 Å². The highest BCUT2D eigenvalue weighted by Crippen LogP contribution is 2.08. The number of benzene rings is 1. The number of carboxylic acid groups (broad SMARTS) is 1. The van der Waals surface area contributed by atoms with Gasteiger partial charge in [0.1, 0.15) is 0 Å². The third-order valence-corrected chi connectivity index (χ3v) is 1.63. The molecule has 0 atom stereocenters. The molecule has 64 valence electrons. The molecule has 0 bridgehead atoms. The Morgan fingerprint density at radius 3 is 2.58 bits per heavy atom. The van der Waals surface area contributed by atoms with Gasteiger partial charge in [0.15, 0.2) is 0 Å². The summed E-state index contributed by atoms with van der Waals surface area (Å²) in [5.41, 5.74) is 0.944. The molecule has 1 aromatic carbocycles. The summed E-state index contributed by atoms with van der Waals surface area (Å²) in [6.07, 6.45) is 0.391. The second-order valence-electron chi connectivity index (χ2n) is 2.44. The van der Waals surface area contributed by atoms with E-state index in [-0.39, 0.29) is 12.2 Å². The Kier molecular flexibility index (Phi) is 2.82. The van der Waals surface area contributed by atoms with E-state index in [1.165, 1.54) is 6.07 Å². The molecule has 0 saturated heterocycles. The van der Waals surface area contributed by atoms with Crippen molar-refractivity contribution in [2.75, 3.05) is 6.61 Å². The molecular weight excluding hydrogens is 156 g/mol. The van der Waals surface area contributed by atoms with E-state index in [9.17, 15) is 4.79 Å². The predicted molar refractivity (Wildman–Crippen MR) is 44.2 cm³/mol. The first-order valence-corrected chi connectivity index (χ1v) is 3.67. The molecule has 0 amide bonds. The fourth-order valence-corrected chi connectivity index (χ4v) is 1.07. The van der Waals surface area contributed by atoms with Crippen LogP contribution in [0.4, 0.5) is 0 Å². The first kappa shape index (κ1) is 8.74. The highest BCUT2D eigenvalue weighted by atomic mass is 16.4. The Balaban J connectivity index is 3.00. The molecule has 1 rings (SSSR count). The Bertz CT molecular complexity index is 281. The molecule has 0 fully saturated rings. The molecule has 3 nitrogen and oxygen atoms in total. The third-order valence-electron chi connectivity index (χ3n) is 1.63. The molecule has 0 saturated carbocycles. The zero-order chi connectivity index (χ0) is 8.97. The molecule has 0 radical (unpaired) electrons. The highest BCUT2D eigenvalue weighted by Gasteiger charge is 2.07. The lowest BCUT2D eigenvalue weighted by Crippen LogP contribution is -2.03. The van der Waals surface area contributed by atoms with Crippen molar-refractivity contribution in [2.24, 2.45) is 0 Å². The lowest BCUT2D eigenvalue weighted by Gasteiger charge is -2.02. The van der Waals surface area contributed by atoms with E-state index in [4.69, 9.17) is 10.2 Å². The SMILES string of the molecule is O=C(O)c1ccccc1CCO. The van der Waals surface area contributed by atoms with Crippen molar-refractivity contribution in [3.05, 3.63) is 35.4 Å². The zero-order valence-electron chi connectivity index (χ0n) is 6.53. The minimum Gasteiger partial charge on any atom is -0.478 e. The maximum absolute atomic E-state index is 10.6. The highest BCUT2D eigenvalue weighted by molar-refractivity contribution is 5.89. The second kappa shape index (κ2) is 3.88. The van der Waals surface area contributed by atoms with Crippen LogP contribution in [0, 0.1) is 0 Å². The van der Waals surface area contributed by atoms with Gasteiger partial charge in [-0.25, -0.2) is 4.79 Å². The van der Waals surface area contributed by atoms with Crippen LogP contribution in [0.5, 0.6) is 0 Å². The maximum Gasteiger partial charge on any atom is 0.335 e. The molecule has 3 heteroatoms. The summed E-state index contributed by atoms with van der Waals surface area (Å²) in [6, 6.07) is 6.68. The van der Waals surface area contributed by atoms with Gasteiger partial charge in [0.05, 0.1) is 5.56 Å². The normalized spacial score (nSPS) is 9.75. The number of aliphatic hydroxyl groups excluding tert-OH is 1. The average molecular weight is 166 g/mol. The van der Waals surface area contributed by atoms with Gasteiger partial charge in [-0.3, -0.25) is 0 Å². The fraction of sp³-hybridized carbons (Fsp3) is 0.222. The minimum absolute atomic E-state index is 0.0235. The Labute approximate surface area is 70.3 Å². The Morgan fingerprint density at radius 2 is 2.00 bits per heavy atom. The van der Waals surface area contributed by atoms with Crippen molar-refractivity contribution >= 4 is 5.97 Å². The van der Waals surface area contributed by atoms with E-state index in [1.807, 2.05) is 0 Å². The number of carbonyl (C=O) groups is 1. The molecule has 0 aliphatic rings. The minimum atomic E-state index is -0.945. The van der Waals surface area contributed by atoms with Gasteiger partial charge in [0, 0.05) is 6.61 Å². The molecule has 1 aromatic rings. The number of hydrogen-bond donors (Lipinski definition) is 2. The van der Waals surface area contributed by atoms with Gasteiger partial charge in [-0.15, -0.1) is 0 Å². The molecule has 0 aliphatic carbocycles. The summed E-state index contributed by atoms with van der Waals surface area (Å²) < 4.78 is 0. The van der Waals surface area contributed by atoms with Crippen LogP contribution in [-0.4, -0.2) is 22.8 Å². The molecule has 0 aliphatic heterocycles. The number of aliphatic hydroxyl groups is 1. The van der Waals surface area contributed by atoms with E-state index in [0.29, 0.717) is 12.0 Å². The Hall–Kier alpha value is -1.35. The van der Waals surface area contributed by atoms with Crippen molar-refractivity contribution in [3.63, 3.8) is 0 Å². The van der Waals surface area contributed by atoms with Crippen LogP contribution in [-0.2, 0) is 6.42 Å². The van der Waals surface area contributed by atoms with Crippen LogP contribution < -0.4 is 0 Å². The third kappa shape index (κ3) is 1.83. The summed E-state index contributed by atoms with van der Waals surface area (Å²) >= 11 is 0. The maximum atomic E-state index is 10.6. The van der Waals surface area contributed by atoms with Gasteiger partial charge in [0.25, 0.3) is 0 Å². The van der Waals surface area contributed by atoms with Crippen LogP contribution in [0.15, 0.2) is 24.3 Å². The topological polar surface area (TPSA) is 57.5 Å². The Morgan fingerprint density at radius 1 is 1.33 bits per heavy atom. The van der Waals surface area contributed by atoms with Gasteiger partial charge < -0.3 is 10.2 Å². The van der Waals surface area contributed by atoms with E-state index in [0.717, 1.165) is 0 Å². The van der Waals surface area contributed by atoms with Crippen LogP contribution >= 0.6 is 0 Å². The number of rotatable bonds is 3. The largest absolute Gasteiger partial charge is 0.478 e. The lowest BCUT2D eigenvalue weighted by molar-refractivity contribution is 0.0695.